The van der Waals surface area contributed by atoms with Crippen LogP contribution in [0.15, 0.2) is 29.2 Å². The zero-order valence-corrected chi connectivity index (χ0v) is 15.5. The molecule has 6 N–H and O–H groups in total. The molecule has 1 atom stereocenters. The van der Waals surface area contributed by atoms with E-state index in [9.17, 15) is 18.3 Å². The molecule has 25 heavy (non-hydrogen) atoms. The number of nitrogens with one attached hydrogen (secondary N) is 3. The maximum Gasteiger partial charge on any atom is 0.321 e. The Bertz CT molecular complexity index is 709. The molecule has 0 aliphatic rings. The molecule has 1 rings (SSSR count). The molecule has 0 fully saturated rings. The first-order chi connectivity index (χ1) is 11.4. The van der Waals surface area contributed by atoms with Gasteiger partial charge in [0.05, 0.1) is 4.90 Å². The Kier molecular flexibility index (Phi) is 6.95. The van der Waals surface area contributed by atoms with E-state index in [0.29, 0.717) is 13.0 Å². The maximum absolute atomic E-state index is 12.4. The van der Waals surface area contributed by atoms with E-state index in [1.807, 2.05) is 20.8 Å². The Labute approximate surface area is 148 Å². The van der Waals surface area contributed by atoms with E-state index in [2.05, 4.69) is 10.0 Å². The average molecular weight is 370 g/mol. The van der Waals surface area contributed by atoms with Gasteiger partial charge in [0.15, 0.2) is 5.96 Å². The Hall–Kier alpha value is -2.13. The normalized spacial score (nSPS) is 13.2. The monoisotopic (exact) mass is 370 g/mol. The molecule has 0 saturated heterocycles. The SMILES string of the molecule is CC(C)(C)c1ccc(S(=O)(=O)N[C@@H](CCCNC(=N)N)C(=O)O)cc1. The number of carbonyl (C=O) groups is 1. The number of rotatable bonds is 8. The summed E-state index contributed by atoms with van der Waals surface area (Å²) < 4.78 is 27.0. The van der Waals surface area contributed by atoms with Gasteiger partial charge in [-0.15, -0.1) is 0 Å². The molecule has 0 aliphatic carbocycles. The van der Waals surface area contributed by atoms with Crippen LogP contribution in [0.25, 0.3) is 0 Å². The van der Waals surface area contributed by atoms with E-state index in [4.69, 9.17) is 11.1 Å². The molecule has 140 valence electrons. The van der Waals surface area contributed by atoms with Crippen LogP contribution in [-0.2, 0) is 20.2 Å². The van der Waals surface area contributed by atoms with E-state index in [1.165, 1.54) is 12.1 Å². The van der Waals surface area contributed by atoms with Crippen molar-refractivity contribution in [1.29, 1.82) is 5.41 Å². The van der Waals surface area contributed by atoms with Crippen molar-refractivity contribution in [1.82, 2.24) is 10.0 Å². The standard InChI is InChI=1S/C16H26N4O4S/c1-16(2,3)11-6-8-12(9-7-11)25(23,24)20-13(14(21)22)5-4-10-19-15(17)18/h6-9,13,20H,4-5,10H2,1-3H3,(H,21,22)(H4,17,18,19)/t13-/m0/s1. The van der Waals surface area contributed by atoms with Crippen molar-refractivity contribution in [2.45, 2.75) is 50.0 Å². The third-order valence-electron chi connectivity index (χ3n) is 3.61. The highest BCUT2D eigenvalue weighted by Gasteiger charge is 2.25. The van der Waals surface area contributed by atoms with E-state index >= 15 is 0 Å². The summed E-state index contributed by atoms with van der Waals surface area (Å²) in [5.74, 6) is -1.47. The van der Waals surface area contributed by atoms with Gasteiger partial charge in [-0.1, -0.05) is 32.9 Å². The van der Waals surface area contributed by atoms with Gasteiger partial charge < -0.3 is 16.2 Å². The third kappa shape index (κ3) is 6.71. The summed E-state index contributed by atoms with van der Waals surface area (Å²) in [6.07, 6.45) is 0.428. The van der Waals surface area contributed by atoms with Crippen LogP contribution in [0, 0.1) is 5.41 Å². The van der Waals surface area contributed by atoms with E-state index in [0.717, 1.165) is 5.56 Å². The largest absolute Gasteiger partial charge is 0.480 e. The van der Waals surface area contributed by atoms with Gasteiger partial charge in [-0.2, -0.15) is 4.72 Å². The first-order valence-electron chi connectivity index (χ1n) is 7.87. The summed E-state index contributed by atoms with van der Waals surface area (Å²) >= 11 is 0. The van der Waals surface area contributed by atoms with Crippen molar-refractivity contribution in [3.8, 4) is 0 Å². The predicted octanol–water partition coefficient (Wildman–Crippen LogP) is 0.979. The molecule has 0 amide bonds. The lowest BCUT2D eigenvalue weighted by atomic mass is 9.87. The van der Waals surface area contributed by atoms with Crippen molar-refractivity contribution >= 4 is 22.0 Å². The Morgan fingerprint density at radius 1 is 1.28 bits per heavy atom. The second-order valence-electron chi connectivity index (χ2n) is 6.77. The second kappa shape index (κ2) is 8.30. The zero-order chi connectivity index (χ0) is 19.3. The number of aliphatic carboxylic acids is 1. The topological polar surface area (TPSA) is 145 Å². The number of benzene rings is 1. The summed E-state index contributed by atoms with van der Waals surface area (Å²) in [4.78, 5) is 11.3. The van der Waals surface area contributed by atoms with Crippen molar-refractivity contribution < 1.29 is 18.3 Å². The van der Waals surface area contributed by atoms with Crippen molar-refractivity contribution in [3.05, 3.63) is 29.8 Å². The van der Waals surface area contributed by atoms with Gasteiger partial charge in [-0.25, -0.2) is 8.42 Å². The van der Waals surface area contributed by atoms with Crippen LogP contribution in [0.3, 0.4) is 0 Å². The number of hydrogen-bond acceptors (Lipinski definition) is 4. The number of hydrogen-bond donors (Lipinski definition) is 5. The van der Waals surface area contributed by atoms with E-state index < -0.39 is 22.0 Å². The summed E-state index contributed by atoms with van der Waals surface area (Å²) in [6, 6.07) is 5.14. The smallest absolute Gasteiger partial charge is 0.321 e. The molecule has 0 saturated carbocycles. The minimum absolute atomic E-state index is 0.0219. The number of sulfonamides is 1. The van der Waals surface area contributed by atoms with Gasteiger partial charge in [0.25, 0.3) is 0 Å². The van der Waals surface area contributed by atoms with Crippen LogP contribution < -0.4 is 15.8 Å². The number of nitrogens with two attached hydrogens (primary N) is 1. The lowest BCUT2D eigenvalue weighted by Crippen LogP contribution is -2.41. The Morgan fingerprint density at radius 3 is 2.28 bits per heavy atom. The fourth-order valence-electron chi connectivity index (χ4n) is 2.15. The summed E-state index contributed by atoms with van der Waals surface area (Å²) in [5.41, 5.74) is 6.01. The molecule has 0 unspecified atom stereocenters. The van der Waals surface area contributed by atoms with Gasteiger partial charge in [0.2, 0.25) is 10.0 Å². The van der Waals surface area contributed by atoms with Crippen LogP contribution in [0.5, 0.6) is 0 Å². The van der Waals surface area contributed by atoms with Crippen LogP contribution in [-0.4, -0.2) is 38.0 Å². The Balaban J connectivity index is 2.81. The lowest BCUT2D eigenvalue weighted by Gasteiger charge is -2.19. The fourth-order valence-corrected chi connectivity index (χ4v) is 3.38. The van der Waals surface area contributed by atoms with E-state index in [1.54, 1.807) is 12.1 Å². The first-order valence-corrected chi connectivity index (χ1v) is 9.35. The van der Waals surface area contributed by atoms with Gasteiger partial charge >= 0.3 is 5.97 Å². The highest BCUT2D eigenvalue weighted by atomic mass is 32.2. The van der Waals surface area contributed by atoms with Gasteiger partial charge in [0, 0.05) is 6.54 Å². The summed E-state index contributed by atoms with van der Waals surface area (Å²) in [7, 11) is -3.94. The fraction of sp³-hybridized carbons (Fsp3) is 0.500. The molecule has 1 aromatic rings. The van der Waals surface area contributed by atoms with Crippen molar-refractivity contribution in [3.63, 3.8) is 0 Å². The molecule has 8 nitrogen and oxygen atoms in total. The van der Waals surface area contributed by atoms with Crippen LogP contribution in [0.4, 0.5) is 0 Å². The van der Waals surface area contributed by atoms with Gasteiger partial charge in [-0.3, -0.25) is 10.2 Å². The minimum atomic E-state index is -3.94. The molecule has 0 bridgehead atoms. The highest BCUT2D eigenvalue weighted by molar-refractivity contribution is 7.89. The second-order valence-corrected chi connectivity index (χ2v) is 8.48. The average Bonchev–Trinajstić information content (AvgIpc) is 2.49. The minimum Gasteiger partial charge on any atom is -0.480 e. The molecule has 9 heteroatoms. The number of guanidine groups is 1. The first kappa shape index (κ1) is 20.9. The molecular formula is C16H26N4O4S. The zero-order valence-electron chi connectivity index (χ0n) is 14.7. The van der Waals surface area contributed by atoms with Gasteiger partial charge in [0.1, 0.15) is 6.04 Å². The third-order valence-corrected chi connectivity index (χ3v) is 5.10. The van der Waals surface area contributed by atoms with Crippen LogP contribution in [0.2, 0.25) is 0 Å². The molecule has 1 aromatic carbocycles. The van der Waals surface area contributed by atoms with Crippen LogP contribution >= 0.6 is 0 Å². The van der Waals surface area contributed by atoms with Crippen molar-refractivity contribution in [2.24, 2.45) is 5.73 Å². The highest BCUT2D eigenvalue weighted by Crippen LogP contribution is 2.23. The predicted molar refractivity (Wildman–Crippen MR) is 96.0 cm³/mol. The number of carboxylic acid groups (broad SMARTS) is 1. The molecule has 0 aliphatic heterocycles. The van der Waals surface area contributed by atoms with Gasteiger partial charge in [-0.05, 0) is 36.0 Å². The summed E-state index contributed by atoms with van der Waals surface area (Å²) in [6.45, 7) is 6.35. The van der Waals surface area contributed by atoms with Crippen molar-refractivity contribution in [2.75, 3.05) is 6.54 Å². The molecule has 0 radical (unpaired) electrons. The Morgan fingerprint density at radius 2 is 1.84 bits per heavy atom. The molecule has 0 spiro atoms. The molecule has 0 heterocycles. The number of carboxylic acids is 1. The summed E-state index contributed by atoms with van der Waals surface area (Å²) in [5, 5.41) is 18.8. The molecular weight excluding hydrogens is 344 g/mol. The maximum atomic E-state index is 12.4. The quantitative estimate of drug-likeness (QED) is 0.262. The lowest BCUT2D eigenvalue weighted by molar-refractivity contribution is -0.139. The molecule has 0 aromatic heterocycles. The van der Waals surface area contributed by atoms with E-state index in [-0.39, 0.29) is 22.7 Å². The van der Waals surface area contributed by atoms with Crippen LogP contribution in [0.1, 0.15) is 39.2 Å².